The highest BCUT2D eigenvalue weighted by Gasteiger charge is 2.44. The summed E-state index contributed by atoms with van der Waals surface area (Å²) in [5.74, 6) is -4.09. The van der Waals surface area contributed by atoms with Gasteiger partial charge in [-0.15, -0.1) is 0 Å². The monoisotopic (exact) mass is 933 g/mol. The molecule has 0 bridgehead atoms. The Hall–Kier alpha value is -7.17. The van der Waals surface area contributed by atoms with E-state index in [1.165, 1.54) is 58.0 Å². The fraction of sp³-hybridized carbons (Fsp3) is 0.388. The van der Waals surface area contributed by atoms with E-state index in [0.29, 0.717) is 103 Å². The summed E-state index contributed by atoms with van der Waals surface area (Å²) in [6.07, 6.45) is 1.39. The molecule has 5 amide bonds. The van der Waals surface area contributed by atoms with E-state index in [1.54, 1.807) is 42.3 Å². The highest BCUT2D eigenvalue weighted by molar-refractivity contribution is 6.24. The Morgan fingerprint density at radius 1 is 0.897 bits per heavy atom. The minimum atomic E-state index is -3.17. The van der Waals surface area contributed by atoms with Gasteiger partial charge in [-0.3, -0.25) is 44.0 Å². The fourth-order valence-electron chi connectivity index (χ4n) is 9.77. The Morgan fingerprint density at radius 3 is 2.34 bits per heavy atom. The lowest BCUT2D eigenvalue weighted by Gasteiger charge is -2.44. The molecule has 5 aromatic rings. The number of anilines is 2. The Morgan fingerprint density at radius 2 is 1.65 bits per heavy atom. The molecule has 3 fully saturated rings. The van der Waals surface area contributed by atoms with Crippen molar-refractivity contribution in [2.75, 3.05) is 75.9 Å². The average molecular weight is 934 g/mol. The largest absolute Gasteiger partial charge is 0.493 e. The number of nitrogens with zero attached hydrogens (tertiary/aromatic N) is 8. The molecule has 3 saturated heterocycles. The Balaban J connectivity index is 0.787. The molecule has 1 unspecified atom stereocenters. The molecule has 1 aromatic heterocycles. The third-order valence-corrected chi connectivity index (χ3v) is 13.2. The number of carbonyl (C=O) groups is 4. The molecule has 19 heteroatoms. The van der Waals surface area contributed by atoms with Crippen molar-refractivity contribution >= 4 is 46.2 Å². The smallest absolute Gasteiger partial charge is 0.329 e. The van der Waals surface area contributed by atoms with Crippen LogP contribution >= 0.6 is 0 Å². The second-order valence-corrected chi connectivity index (χ2v) is 17.3. The molecule has 0 radical (unpaired) electrons. The number of carbonyl (C=O) groups excluding carboxylic acids is 4. The maximum absolute atomic E-state index is 15.8. The van der Waals surface area contributed by atoms with Crippen molar-refractivity contribution in [1.82, 2.24) is 29.8 Å². The van der Waals surface area contributed by atoms with Crippen molar-refractivity contribution in [3.63, 3.8) is 0 Å². The topological polar surface area (TPSA) is 166 Å². The zero-order valence-corrected chi connectivity index (χ0v) is 37.8. The second-order valence-electron chi connectivity index (χ2n) is 17.3. The number of fused-ring (bicyclic) bond motifs is 2. The maximum atomic E-state index is 15.8. The molecule has 0 saturated carbocycles. The number of aromatic nitrogens is 2. The van der Waals surface area contributed by atoms with Gasteiger partial charge >= 0.3 is 6.03 Å². The third-order valence-electron chi connectivity index (χ3n) is 13.2. The van der Waals surface area contributed by atoms with Gasteiger partial charge in [0.25, 0.3) is 17.7 Å². The van der Waals surface area contributed by atoms with Crippen LogP contribution in [0, 0.1) is 17.1 Å². The van der Waals surface area contributed by atoms with Crippen molar-refractivity contribution < 1.29 is 46.6 Å². The van der Waals surface area contributed by atoms with Gasteiger partial charge in [-0.05, 0) is 93.0 Å². The van der Waals surface area contributed by atoms with E-state index in [0.717, 1.165) is 0 Å². The number of methoxy groups -OCH3 is 1. The van der Waals surface area contributed by atoms with Crippen LogP contribution in [0.4, 0.5) is 29.5 Å². The number of hydrogen-bond acceptors (Lipinski definition) is 12. The van der Waals surface area contributed by atoms with E-state index in [4.69, 9.17) is 14.2 Å². The van der Waals surface area contributed by atoms with Gasteiger partial charge in [-0.25, -0.2) is 9.18 Å². The molecule has 1 N–H and O–H groups in total. The molecule has 0 aliphatic carbocycles. The van der Waals surface area contributed by atoms with E-state index in [2.05, 4.69) is 26.3 Å². The molecule has 1 atom stereocenters. The van der Waals surface area contributed by atoms with Crippen LogP contribution in [0.5, 0.6) is 23.0 Å². The molecular weight excluding hydrogens is 884 g/mol. The van der Waals surface area contributed by atoms with Crippen molar-refractivity contribution in [2.45, 2.75) is 50.6 Å². The quantitative estimate of drug-likeness (QED) is 0.114. The predicted octanol–water partition coefficient (Wildman–Crippen LogP) is 6.99. The van der Waals surface area contributed by atoms with Gasteiger partial charge in [0.1, 0.15) is 5.75 Å². The summed E-state index contributed by atoms with van der Waals surface area (Å²) in [5.41, 5.74) is 2.13. The third kappa shape index (κ3) is 8.76. The average Bonchev–Trinajstić information content (AvgIpc) is 3.78. The van der Waals surface area contributed by atoms with E-state index < -0.39 is 48.1 Å². The van der Waals surface area contributed by atoms with Crippen LogP contribution in [0.25, 0.3) is 10.9 Å². The van der Waals surface area contributed by atoms with Crippen LogP contribution < -0.4 is 29.3 Å². The summed E-state index contributed by atoms with van der Waals surface area (Å²) in [5, 5.41) is 16.8. The highest BCUT2D eigenvalue weighted by atomic mass is 19.3. The van der Waals surface area contributed by atoms with E-state index in [9.17, 15) is 24.4 Å². The number of ether oxygens (including phenoxy) is 3. The first-order valence-corrected chi connectivity index (χ1v) is 22.6. The maximum Gasteiger partial charge on any atom is 0.329 e. The normalized spacial score (nSPS) is 17.9. The van der Waals surface area contributed by atoms with Crippen LogP contribution in [0.2, 0.25) is 0 Å². The number of nitriles is 1. The Kier molecular flexibility index (Phi) is 12.7. The first-order valence-electron chi connectivity index (χ1n) is 22.6. The molecule has 354 valence electrons. The van der Waals surface area contributed by atoms with E-state index >= 15 is 13.2 Å². The minimum absolute atomic E-state index is 0.0788. The van der Waals surface area contributed by atoms with E-state index in [1.807, 2.05) is 13.0 Å². The number of halogens is 3. The lowest BCUT2D eigenvalue weighted by molar-refractivity contribution is -0.120. The first kappa shape index (κ1) is 46.0. The number of piperazine rings is 1. The summed E-state index contributed by atoms with van der Waals surface area (Å²) in [4.78, 5) is 61.0. The van der Waals surface area contributed by atoms with Gasteiger partial charge < -0.3 is 19.1 Å². The fourth-order valence-corrected chi connectivity index (χ4v) is 9.77. The van der Waals surface area contributed by atoms with Gasteiger partial charge in [-0.1, -0.05) is 12.1 Å². The molecule has 5 heterocycles. The van der Waals surface area contributed by atoms with Crippen LogP contribution in [0.1, 0.15) is 70.5 Å². The van der Waals surface area contributed by atoms with Gasteiger partial charge in [0.05, 0.1) is 61.1 Å². The van der Waals surface area contributed by atoms with Crippen LogP contribution in [-0.2, 0) is 17.8 Å². The van der Waals surface area contributed by atoms with E-state index in [-0.39, 0.29) is 48.3 Å². The second kappa shape index (κ2) is 18.8. The number of nitrogens with one attached hydrogen (secondary N) is 1. The van der Waals surface area contributed by atoms with Crippen LogP contribution in [0.15, 0.2) is 72.8 Å². The summed E-state index contributed by atoms with van der Waals surface area (Å²) in [7, 11) is 3.15. The van der Waals surface area contributed by atoms with Crippen LogP contribution in [-0.4, -0.2) is 120 Å². The number of imide groups is 2. The van der Waals surface area contributed by atoms with Gasteiger partial charge in [0, 0.05) is 69.3 Å². The molecule has 4 aliphatic heterocycles. The zero-order valence-electron chi connectivity index (χ0n) is 37.8. The SMILES string of the molecule is CCOc1cc(C(CC#N)N2C(=O)c3cccc(N4CCN(C5CCN(CC(F)(F)c6ccc(Oc7cc8c(cc7F)c(N7CCC(=O)NC7=O)nn8C)cc6)CC5)CC4)c3C2=O)ccc1OC. The Bertz CT molecular complexity index is 2820. The summed E-state index contributed by atoms with van der Waals surface area (Å²) in [6.45, 7) is 5.40. The van der Waals surface area contributed by atoms with Gasteiger partial charge in [0.15, 0.2) is 28.9 Å². The molecule has 9 rings (SSSR count). The lowest BCUT2D eigenvalue weighted by Crippen LogP contribution is -2.54. The number of hydrogen-bond donors (Lipinski definition) is 1. The highest BCUT2D eigenvalue weighted by Crippen LogP contribution is 2.41. The number of urea groups is 1. The van der Waals surface area contributed by atoms with Crippen molar-refractivity contribution in [3.05, 3.63) is 101 Å². The van der Waals surface area contributed by atoms with Crippen molar-refractivity contribution in [3.8, 4) is 29.1 Å². The number of benzene rings is 4. The molecule has 16 nitrogen and oxygen atoms in total. The predicted molar refractivity (Wildman–Crippen MR) is 244 cm³/mol. The number of likely N-dealkylation sites (tertiary alicyclic amines) is 1. The number of aryl methyl sites for hydroxylation is 1. The zero-order chi connectivity index (χ0) is 47.9. The Labute approximate surface area is 390 Å². The number of rotatable bonds is 14. The van der Waals surface area contributed by atoms with Crippen LogP contribution in [0.3, 0.4) is 0 Å². The molecule has 0 spiro atoms. The first-order chi connectivity index (χ1) is 32.8. The summed E-state index contributed by atoms with van der Waals surface area (Å²) in [6, 6.07) is 19.2. The minimum Gasteiger partial charge on any atom is -0.493 e. The standard InChI is InChI=1S/C49H50F3N9O7/c1-4-67-42-26-30(8-13-40(42)66-3)37(14-18-53)61-46(63)34-6-5-7-38(44(34)47(61)64)59-24-22-58(23-25-59)32-15-19-57(20-16-32)29-49(51,52)31-9-11-33(12-10-31)68-41-28-39-35(27-36(41)50)45(55-56(39)2)60-21-17-43(62)54-48(60)65/h5-13,26-28,32,37H,4,14-17,19-25,29H2,1-3H3,(H,54,62,65). The molecule has 4 aromatic carbocycles. The number of alkyl halides is 2. The van der Waals surface area contributed by atoms with Gasteiger partial charge in [-0.2, -0.15) is 19.1 Å². The lowest BCUT2D eigenvalue weighted by atomic mass is 10.00. The number of piperidine rings is 1. The molecular formula is C49H50F3N9O7. The van der Waals surface area contributed by atoms with Crippen molar-refractivity contribution in [2.24, 2.45) is 7.05 Å². The van der Waals surface area contributed by atoms with Gasteiger partial charge in [0.2, 0.25) is 5.91 Å². The van der Waals surface area contributed by atoms with Crippen molar-refractivity contribution in [1.29, 1.82) is 5.26 Å². The molecule has 68 heavy (non-hydrogen) atoms. The summed E-state index contributed by atoms with van der Waals surface area (Å²) >= 11 is 0. The molecule has 4 aliphatic rings. The summed E-state index contributed by atoms with van der Waals surface area (Å²) < 4.78 is 65.3. The number of amides is 5.